The van der Waals surface area contributed by atoms with Crippen molar-refractivity contribution < 1.29 is 4.74 Å². The van der Waals surface area contributed by atoms with Crippen molar-refractivity contribution >= 4 is 0 Å². The van der Waals surface area contributed by atoms with Crippen LogP contribution in [0, 0.1) is 0 Å². The summed E-state index contributed by atoms with van der Waals surface area (Å²) >= 11 is 0. The summed E-state index contributed by atoms with van der Waals surface area (Å²) in [4.78, 5) is 0. The van der Waals surface area contributed by atoms with Crippen LogP contribution >= 0.6 is 0 Å². The number of methoxy groups -OCH3 is 1. The summed E-state index contributed by atoms with van der Waals surface area (Å²) in [5, 5.41) is 0. The smallest absolute Gasteiger partial charge is 0.0806 e. The Kier molecular flexibility index (Phi) is 5.13. The van der Waals surface area contributed by atoms with Gasteiger partial charge in [-0.05, 0) is 19.9 Å². The van der Waals surface area contributed by atoms with Gasteiger partial charge in [0.15, 0.2) is 0 Å². The third-order valence-corrected chi connectivity index (χ3v) is 1.32. The highest BCUT2D eigenvalue weighted by Crippen LogP contribution is 2.03. The lowest BCUT2D eigenvalue weighted by molar-refractivity contribution is 0.334. The molecule has 2 nitrogen and oxygen atoms in total. The van der Waals surface area contributed by atoms with Crippen LogP contribution in [0.2, 0.25) is 0 Å². The highest BCUT2D eigenvalue weighted by Gasteiger charge is 2.07. The largest absolute Gasteiger partial charge is 0.505 e. The molecule has 0 aliphatic heterocycles. The summed E-state index contributed by atoms with van der Waals surface area (Å²) in [6, 6.07) is 0. The third-order valence-electron chi connectivity index (χ3n) is 1.32. The molecule has 0 amide bonds. The summed E-state index contributed by atoms with van der Waals surface area (Å²) in [7, 11) is 1.60. The maximum absolute atomic E-state index is 5.86. The fourth-order valence-electron chi connectivity index (χ4n) is 0.644. The molecule has 12 heavy (non-hydrogen) atoms. The van der Waals surface area contributed by atoms with Gasteiger partial charge in [0.05, 0.1) is 18.9 Å². The second-order valence-electron chi connectivity index (χ2n) is 2.79. The van der Waals surface area contributed by atoms with Crippen LogP contribution in [0.4, 0.5) is 0 Å². The van der Waals surface area contributed by atoms with E-state index in [9.17, 15) is 0 Å². The fraction of sp³-hybridized carbons (Fsp3) is 0.400. The SMILES string of the molecule is C/C=C\C=C/C(C)(N)/C=C/OC. The number of nitrogens with two attached hydrogens (primary N) is 1. The Balaban J connectivity index is 4.11. The molecule has 0 aliphatic carbocycles. The molecule has 0 rings (SSSR count). The molecule has 0 radical (unpaired) electrons. The molecule has 0 bridgehead atoms. The molecule has 0 fully saturated rings. The lowest BCUT2D eigenvalue weighted by Gasteiger charge is -2.13. The molecular formula is C10H17NO. The van der Waals surface area contributed by atoms with Gasteiger partial charge in [0.25, 0.3) is 0 Å². The van der Waals surface area contributed by atoms with Crippen molar-refractivity contribution in [2.75, 3.05) is 7.11 Å². The molecule has 0 aliphatic rings. The zero-order valence-electron chi connectivity index (χ0n) is 7.95. The predicted molar refractivity (Wildman–Crippen MR) is 52.7 cm³/mol. The molecule has 1 unspecified atom stereocenters. The number of hydrogen-bond acceptors (Lipinski definition) is 2. The lowest BCUT2D eigenvalue weighted by Crippen LogP contribution is -2.30. The van der Waals surface area contributed by atoms with Gasteiger partial charge in [0, 0.05) is 0 Å². The van der Waals surface area contributed by atoms with E-state index in [1.54, 1.807) is 19.4 Å². The minimum Gasteiger partial charge on any atom is -0.505 e. The average molecular weight is 167 g/mol. The topological polar surface area (TPSA) is 35.2 Å². The quantitative estimate of drug-likeness (QED) is 0.513. The molecule has 2 N–H and O–H groups in total. The summed E-state index contributed by atoms with van der Waals surface area (Å²) in [5.74, 6) is 0. The van der Waals surface area contributed by atoms with E-state index in [-0.39, 0.29) is 0 Å². The van der Waals surface area contributed by atoms with Crippen molar-refractivity contribution in [2.45, 2.75) is 19.4 Å². The number of rotatable bonds is 4. The molecular weight excluding hydrogens is 150 g/mol. The first-order chi connectivity index (χ1) is 5.62. The second kappa shape index (κ2) is 5.61. The predicted octanol–water partition coefficient (Wildman–Crippen LogP) is 2.00. The number of hydrogen-bond donors (Lipinski definition) is 1. The van der Waals surface area contributed by atoms with Gasteiger partial charge in [-0.1, -0.05) is 24.3 Å². The van der Waals surface area contributed by atoms with Gasteiger partial charge in [-0.25, -0.2) is 0 Å². The summed E-state index contributed by atoms with van der Waals surface area (Å²) in [6.45, 7) is 3.87. The van der Waals surface area contributed by atoms with E-state index >= 15 is 0 Å². The van der Waals surface area contributed by atoms with Crippen LogP contribution in [-0.4, -0.2) is 12.6 Å². The van der Waals surface area contributed by atoms with Crippen molar-refractivity contribution in [3.8, 4) is 0 Å². The molecule has 0 aromatic heterocycles. The van der Waals surface area contributed by atoms with Crippen LogP contribution in [0.25, 0.3) is 0 Å². The monoisotopic (exact) mass is 167 g/mol. The molecule has 68 valence electrons. The van der Waals surface area contributed by atoms with Gasteiger partial charge in [0.1, 0.15) is 0 Å². The van der Waals surface area contributed by atoms with Crippen molar-refractivity contribution in [3.05, 3.63) is 36.6 Å². The van der Waals surface area contributed by atoms with Gasteiger partial charge in [-0.15, -0.1) is 0 Å². The van der Waals surface area contributed by atoms with Crippen LogP contribution in [0.3, 0.4) is 0 Å². The van der Waals surface area contributed by atoms with Gasteiger partial charge in [0.2, 0.25) is 0 Å². The minimum atomic E-state index is -0.435. The van der Waals surface area contributed by atoms with E-state index in [4.69, 9.17) is 10.5 Å². The lowest BCUT2D eigenvalue weighted by atomic mass is 10.0. The molecule has 2 heteroatoms. The molecule has 0 saturated heterocycles. The summed E-state index contributed by atoms with van der Waals surface area (Å²) in [5.41, 5.74) is 5.42. The Labute approximate surface area is 74.4 Å². The van der Waals surface area contributed by atoms with Gasteiger partial charge >= 0.3 is 0 Å². The van der Waals surface area contributed by atoms with Crippen molar-refractivity contribution in [1.29, 1.82) is 0 Å². The van der Waals surface area contributed by atoms with Crippen LogP contribution < -0.4 is 5.73 Å². The Morgan fingerprint density at radius 3 is 2.42 bits per heavy atom. The Bertz CT molecular complexity index is 190. The molecule has 0 aromatic rings. The first-order valence-electron chi connectivity index (χ1n) is 3.92. The zero-order chi connectivity index (χ0) is 9.45. The Morgan fingerprint density at radius 2 is 1.92 bits per heavy atom. The minimum absolute atomic E-state index is 0.435. The standard InChI is InChI=1S/C10H17NO/c1-4-5-6-7-10(2,11)8-9-12-3/h4-9H,11H2,1-3H3/b5-4-,7-6-,9-8+. The molecule has 0 saturated carbocycles. The van der Waals surface area contributed by atoms with E-state index in [1.807, 2.05) is 38.2 Å². The normalized spacial score (nSPS) is 17.7. The van der Waals surface area contributed by atoms with Crippen LogP contribution in [-0.2, 0) is 4.74 Å². The van der Waals surface area contributed by atoms with Gasteiger partial charge in [-0.3, -0.25) is 0 Å². The number of allylic oxidation sites excluding steroid dienone is 3. The Hall–Kier alpha value is -1.02. The molecule has 0 aromatic carbocycles. The van der Waals surface area contributed by atoms with Gasteiger partial charge in [-0.2, -0.15) is 0 Å². The molecule has 1 atom stereocenters. The van der Waals surface area contributed by atoms with E-state index in [0.29, 0.717) is 0 Å². The molecule has 0 spiro atoms. The highest BCUT2D eigenvalue weighted by molar-refractivity contribution is 5.17. The van der Waals surface area contributed by atoms with Crippen molar-refractivity contribution in [1.82, 2.24) is 0 Å². The van der Waals surface area contributed by atoms with E-state index in [0.717, 1.165) is 0 Å². The van der Waals surface area contributed by atoms with Gasteiger partial charge < -0.3 is 10.5 Å². The van der Waals surface area contributed by atoms with Crippen molar-refractivity contribution in [3.63, 3.8) is 0 Å². The first kappa shape index (κ1) is 11.0. The van der Waals surface area contributed by atoms with Crippen LogP contribution in [0.1, 0.15) is 13.8 Å². The van der Waals surface area contributed by atoms with Crippen molar-refractivity contribution in [2.24, 2.45) is 5.73 Å². The molecule has 0 heterocycles. The average Bonchev–Trinajstić information content (AvgIpc) is 2.01. The summed E-state index contributed by atoms with van der Waals surface area (Å²) < 4.78 is 4.77. The highest BCUT2D eigenvalue weighted by atomic mass is 16.5. The zero-order valence-corrected chi connectivity index (χ0v) is 7.95. The van der Waals surface area contributed by atoms with E-state index in [2.05, 4.69) is 0 Å². The Morgan fingerprint density at radius 1 is 1.25 bits per heavy atom. The second-order valence-corrected chi connectivity index (χ2v) is 2.79. The van der Waals surface area contributed by atoms with Crippen LogP contribution in [0.15, 0.2) is 36.6 Å². The van der Waals surface area contributed by atoms with E-state index < -0.39 is 5.54 Å². The fourth-order valence-corrected chi connectivity index (χ4v) is 0.644. The van der Waals surface area contributed by atoms with Crippen LogP contribution in [0.5, 0.6) is 0 Å². The first-order valence-corrected chi connectivity index (χ1v) is 3.92. The third kappa shape index (κ3) is 5.74. The summed E-state index contributed by atoms with van der Waals surface area (Å²) in [6.07, 6.45) is 11.1. The maximum Gasteiger partial charge on any atom is 0.0806 e. The maximum atomic E-state index is 5.86. The number of ether oxygens (including phenoxy) is 1. The van der Waals surface area contributed by atoms with E-state index in [1.165, 1.54) is 0 Å².